The van der Waals surface area contributed by atoms with Crippen molar-refractivity contribution in [3.63, 3.8) is 0 Å². The molecule has 0 spiro atoms. The fourth-order valence-corrected chi connectivity index (χ4v) is 1.52. The van der Waals surface area contributed by atoms with E-state index in [0.717, 1.165) is 12.0 Å². The third-order valence-electron chi connectivity index (χ3n) is 2.72. The number of amides is 1. The van der Waals surface area contributed by atoms with Crippen LogP contribution < -0.4 is 11.1 Å². The summed E-state index contributed by atoms with van der Waals surface area (Å²) in [6.45, 7) is 3.81. The van der Waals surface area contributed by atoms with Gasteiger partial charge in [0, 0.05) is 12.5 Å². The predicted molar refractivity (Wildman–Crippen MR) is 65.8 cm³/mol. The highest BCUT2D eigenvalue weighted by atomic mass is 19.1. The summed E-state index contributed by atoms with van der Waals surface area (Å²) in [5.74, 6) is -0.351. The minimum Gasteiger partial charge on any atom is -0.350 e. The second-order valence-electron chi connectivity index (χ2n) is 4.21. The molecule has 1 aromatic carbocycles. The van der Waals surface area contributed by atoms with Gasteiger partial charge in [0.15, 0.2) is 0 Å². The maximum absolute atomic E-state index is 12.7. The number of hydrogen-bond acceptors (Lipinski definition) is 2. The zero-order valence-electron chi connectivity index (χ0n) is 10.2. The summed E-state index contributed by atoms with van der Waals surface area (Å²) in [7, 11) is 0. The van der Waals surface area contributed by atoms with Crippen molar-refractivity contribution < 1.29 is 9.18 Å². The molecule has 0 radical (unpaired) electrons. The zero-order chi connectivity index (χ0) is 12.8. The molecule has 0 bridgehead atoms. The van der Waals surface area contributed by atoms with Gasteiger partial charge in [-0.3, -0.25) is 4.79 Å². The molecule has 0 aliphatic rings. The Morgan fingerprint density at radius 1 is 1.41 bits per heavy atom. The van der Waals surface area contributed by atoms with Crippen LogP contribution in [-0.2, 0) is 4.79 Å². The van der Waals surface area contributed by atoms with Crippen LogP contribution in [0.25, 0.3) is 0 Å². The highest BCUT2D eigenvalue weighted by molar-refractivity contribution is 5.77. The van der Waals surface area contributed by atoms with Crippen molar-refractivity contribution in [3.8, 4) is 0 Å². The number of nitrogens with one attached hydrogen (secondary N) is 1. The van der Waals surface area contributed by atoms with Crippen LogP contribution in [0.4, 0.5) is 4.39 Å². The molecule has 0 saturated heterocycles. The van der Waals surface area contributed by atoms with E-state index in [1.807, 2.05) is 13.8 Å². The molecule has 3 N–H and O–H groups in total. The van der Waals surface area contributed by atoms with Crippen molar-refractivity contribution in [2.75, 3.05) is 0 Å². The van der Waals surface area contributed by atoms with Gasteiger partial charge in [0.25, 0.3) is 0 Å². The lowest BCUT2D eigenvalue weighted by atomic mass is 10.1. The Morgan fingerprint density at radius 2 is 2.00 bits per heavy atom. The van der Waals surface area contributed by atoms with E-state index in [9.17, 15) is 9.18 Å². The van der Waals surface area contributed by atoms with E-state index < -0.39 is 0 Å². The molecule has 0 saturated carbocycles. The summed E-state index contributed by atoms with van der Waals surface area (Å²) in [6, 6.07) is 5.87. The van der Waals surface area contributed by atoms with E-state index in [2.05, 4.69) is 5.32 Å². The van der Waals surface area contributed by atoms with E-state index in [1.165, 1.54) is 12.1 Å². The minimum absolute atomic E-state index is 0.0730. The van der Waals surface area contributed by atoms with E-state index in [4.69, 9.17) is 5.73 Å². The smallest absolute Gasteiger partial charge is 0.222 e. The number of halogens is 1. The Bertz CT molecular complexity index is 364. The normalized spacial score (nSPS) is 14.1. The number of nitrogens with two attached hydrogens (primary N) is 1. The lowest BCUT2D eigenvalue weighted by Crippen LogP contribution is -2.32. The first kappa shape index (κ1) is 13.6. The van der Waals surface area contributed by atoms with Crippen LogP contribution in [0.1, 0.15) is 38.3 Å². The third-order valence-corrected chi connectivity index (χ3v) is 2.72. The molecular weight excluding hydrogens is 219 g/mol. The van der Waals surface area contributed by atoms with Crippen LogP contribution in [0.15, 0.2) is 24.3 Å². The van der Waals surface area contributed by atoms with Gasteiger partial charge in [0.2, 0.25) is 5.91 Å². The standard InChI is InChI=1S/C13H19FN2O/c1-3-12(15)8-13(17)16-9(2)10-4-6-11(14)7-5-10/h4-7,9,12H,3,8,15H2,1-2H3,(H,16,17). The van der Waals surface area contributed by atoms with Gasteiger partial charge in [-0.15, -0.1) is 0 Å². The van der Waals surface area contributed by atoms with Crippen LogP contribution in [0.5, 0.6) is 0 Å². The van der Waals surface area contributed by atoms with E-state index in [1.54, 1.807) is 12.1 Å². The van der Waals surface area contributed by atoms with Gasteiger partial charge < -0.3 is 11.1 Å². The molecule has 0 fully saturated rings. The Balaban J connectivity index is 2.51. The monoisotopic (exact) mass is 238 g/mol. The molecule has 0 aromatic heterocycles. The topological polar surface area (TPSA) is 55.1 Å². The third kappa shape index (κ3) is 4.53. The molecular formula is C13H19FN2O. The molecule has 1 rings (SSSR count). The first-order chi connectivity index (χ1) is 8.02. The van der Waals surface area contributed by atoms with Crippen molar-refractivity contribution in [3.05, 3.63) is 35.6 Å². The lowest BCUT2D eigenvalue weighted by molar-refractivity contribution is -0.122. The van der Waals surface area contributed by atoms with Gasteiger partial charge >= 0.3 is 0 Å². The Kier molecular flexibility index (Phi) is 5.10. The number of hydrogen-bond donors (Lipinski definition) is 2. The molecule has 0 aliphatic carbocycles. The Morgan fingerprint density at radius 3 is 2.53 bits per heavy atom. The van der Waals surface area contributed by atoms with E-state index in [0.29, 0.717) is 6.42 Å². The van der Waals surface area contributed by atoms with Gasteiger partial charge in [0.05, 0.1) is 6.04 Å². The number of rotatable bonds is 5. The molecule has 0 heterocycles. The molecule has 17 heavy (non-hydrogen) atoms. The average molecular weight is 238 g/mol. The molecule has 1 aromatic rings. The Labute approximate surface area is 101 Å². The summed E-state index contributed by atoms with van der Waals surface area (Å²) in [5, 5.41) is 2.84. The maximum atomic E-state index is 12.7. The first-order valence-corrected chi connectivity index (χ1v) is 5.83. The SMILES string of the molecule is CCC(N)CC(=O)NC(C)c1ccc(F)cc1. The average Bonchev–Trinajstić information content (AvgIpc) is 2.29. The first-order valence-electron chi connectivity index (χ1n) is 5.83. The van der Waals surface area contributed by atoms with Crippen molar-refractivity contribution in [1.29, 1.82) is 0 Å². The fraction of sp³-hybridized carbons (Fsp3) is 0.462. The highest BCUT2D eigenvalue weighted by Crippen LogP contribution is 2.13. The molecule has 0 aliphatic heterocycles. The minimum atomic E-state index is -0.278. The summed E-state index contributed by atoms with van der Waals surface area (Å²) in [5.41, 5.74) is 6.58. The quantitative estimate of drug-likeness (QED) is 0.825. The van der Waals surface area contributed by atoms with Crippen molar-refractivity contribution >= 4 is 5.91 Å². The largest absolute Gasteiger partial charge is 0.350 e. The maximum Gasteiger partial charge on any atom is 0.222 e. The molecule has 94 valence electrons. The molecule has 3 nitrogen and oxygen atoms in total. The summed E-state index contributed by atoms with van der Waals surface area (Å²) in [6.07, 6.45) is 1.10. The van der Waals surface area contributed by atoms with Crippen LogP contribution in [0.3, 0.4) is 0 Å². The van der Waals surface area contributed by atoms with Crippen LogP contribution in [0.2, 0.25) is 0 Å². The fourth-order valence-electron chi connectivity index (χ4n) is 1.52. The molecule has 2 unspecified atom stereocenters. The Hall–Kier alpha value is -1.42. The second-order valence-corrected chi connectivity index (χ2v) is 4.21. The molecule has 1 amide bonds. The van der Waals surface area contributed by atoms with Crippen molar-refractivity contribution in [1.82, 2.24) is 5.32 Å². The summed E-state index contributed by atoms with van der Waals surface area (Å²) >= 11 is 0. The van der Waals surface area contributed by atoms with Gasteiger partial charge in [-0.2, -0.15) is 0 Å². The van der Waals surface area contributed by atoms with Crippen molar-refractivity contribution in [2.24, 2.45) is 5.73 Å². The predicted octanol–water partition coefficient (Wildman–Crippen LogP) is 2.13. The molecule has 4 heteroatoms. The number of benzene rings is 1. The van der Waals surface area contributed by atoms with E-state index in [-0.39, 0.29) is 23.8 Å². The van der Waals surface area contributed by atoms with E-state index >= 15 is 0 Å². The summed E-state index contributed by atoms with van der Waals surface area (Å²) < 4.78 is 12.7. The van der Waals surface area contributed by atoms with Gasteiger partial charge in [0.1, 0.15) is 5.82 Å². The van der Waals surface area contributed by atoms with Gasteiger partial charge in [-0.05, 0) is 31.0 Å². The lowest BCUT2D eigenvalue weighted by Gasteiger charge is -2.16. The van der Waals surface area contributed by atoms with Crippen molar-refractivity contribution in [2.45, 2.75) is 38.8 Å². The van der Waals surface area contributed by atoms with Crippen LogP contribution >= 0.6 is 0 Å². The highest BCUT2D eigenvalue weighted by Gasteiger charge is 2.12. The summed E-state index contributed by atoms with van der Waals surface area (Å²) in [4.78, 5) is 11.6. The second kappa shape index (κ2) is 6.35. The van der Waals surface area contributed by atoms with Gasteiger partial charge in [-0.1, -0.05) is 19.1 Å². The number of carbonyl (C=O) groups is 1. The van der Waals surface area contributed by atoms with Crippen LogP contribution in [0, 0.1) is 5.82 Å². The zero-order valence-corrected chi connectivity index (χ0v) is 10.2. The van der Waals surface area contributed by atoms with Crippen LogP contribution in [-0.4, -0.2) is 11.9 Å². The van der Waals surface area contributed by atoms with Gasteiger partial charge in [-0.25, -0.2) is 4.39 Å². The molecule has 2 atom stereocenters. The number of carbonyl (C=O) groups excluding carboxylic acids is 1.